The van der Waals surface area contributed by atoms with Crippen molar-refractivity contribution >= 4 is 39.0 Å². The highest BCUT2D eigenvalue weighted by molar-refractivity contribution is 7.18. The van der Waals surface area contributed by atoms with Gasteiger partial charge in [-0.1, -0.05) is 18.2 Å². The molecule has 26 heavy (non-hydrogen) atoms. The lowest BCUT2D eigenvalue weighted by Gasteiger charge is -2.32. The molecule has 0 spiro atoms. The normalized spacial score (nSPS) is 15.4. The summed E-state index contributed by atoms with van der Waals surface area (Å²) in [7, 11) is 0. The summed E-state index contributed by atoms with van der Waals surface area (Å²) in [5.41, 5.74) is 2.13. The van der Waals surface area contributed by atoms with E-state index in [0.717, 1.165) is 42.3 Å². The molecule has 1 aromatic carbocycles. The Bertz CT molecular complexity index is 930. The molecule has 1 aliphatic heterocycles. The van der Waals surface area contributed by atoms with Gasteiger partial charge in [-0.15, -0.1) is 11.3 Å². The first-order chi connectivity index (χ1) is 12.6. The van der Waals surface area contributed by atoms with Crippen molar-refractivity contribution in [3.05, 3.63) is 47.1 Å². The minimum absolute atomic E-state index is 0.0501. The predicted molar refractivity (Wildman–Crippen MR) is 107 cm³/mol. The molecule has 0 radical (unpaired) electrons. The second-order valence-electron chi connectivity index (χ2n) is 6.78. The summed E-state index contributed by atoms with van der Waals surface area (Å²) >= 11 is 1.72. The first-order valence-corrected chi connectivity index (χ1v) is 9.76. The van der Waals surface area contributed by atoms with Gasteiger partial charge in [0.2, 0.25) is 5.91 Å². The van der Waals surface area contributed by atoms with Gasteiger partial charge in [0.1, 0.15) is 17.0 Å². The van der Waals surface area contributed by atoms with Crippen LogP contribution >= 0.6 is 11.3 Å². The number of hydrogen-bond donors (Lipinski definition) is 1. The minimum Gasteiger partial charge on any atom is -0.356 e. The number of thiophene rings is 1. The summed E-state index contributed by atoms with van der Waals surface area (Å²) in [4.78, 5) is 26.2. The number of benzene rings is 1. The summed E-state index contributed by atoms with van der Waals surface area (Å²) in [5, 5.41) is 4.20. The van der Waals surface area contributed by atoms with E-state index in [2.05, 4.69) is 34.0 Å². The summed E-state index contributed by atoms with van der Waals surface area (Å²) < 4.78 is 0. The third-order valence-electron chi connectivity index (χ3n) is 5.15. The van der Waals surface area contributed by atoms with Crippen molar-refractivity contribution in [3.8, 4) is 0 Å². The number of amides is 1. The van der Waals surface area contributed by atoms with Gasteiger partial charge in [0.25, 0.3) is 0 Å². The van der Waals surface area contributed by atoms with E-state index < -0.39 is 0 Å². The maximum Gasteiger partial charge on any atom is 0.227 e. The van der Waals surface area contributed by atoms with E-state index in [0.29, 0.717) is 0 Å². The van der Waals surface area contributed by atoms with Crippen LogP contribution in [-0.2, 0) is 4.79 Å². The molecular weight excluding hydrogens is 344 g/mol. The van der Waals surface area contributed by atoms with E-state index in [4.69, 9.17) is 0 Å². The average molecular weight is 366 g/mol. The molecule has 0 aliphatic carbocycles. The van der Waals surface area contributed by atoms with Gasteiger partial charge in [-0.3, -0.25) is 4.79 Å². The summed E-state index contributed by atoms with van der Waals surface area (Å²) in [6, 6.07) is 9.66. The van der Waals surface area contributed by atoms with Gasteiger partial charge in [-0.05, 0) is 44.4 Å². The predicted octanol–water partition coefficient (Wildman–Crippen LogP) is 4.16. The number of nitrogens with one attached hydrogen (secondary N) is 1. The molecule has 1 fully saturated rings. The van der Waals surface area contributed by atoms with Gasteiger partial charge in [0.05, 0.1) is 5.39 Å². The lowest BCUT2D eigenvalue weighted by molar-refractivity contribution is -0.120. The monoisotopic (exact) mass is 366 g/mol. The van der Waals surface area contributed by atoms with Crippen LogP contribution in [0.2, 0.25) is 0 Å². The van der Waals surface area contributed by atoms with Crippen LogP contribution in [0.5, 0.6) is 0 Å². The van der Waals surface area contributed by atoms with Gasteiger partial charge in [-0.25, -0.2) is 9.97 Å². The van der Waals surface area contributed by atoms with Crippen LogP contribution in [0, 0.1) is 19.8 Å². The summed E-state index contributed by atoms with van der Waals surface area (Å²) in [6.45, 7) is 5.95. The van der Waals surface area contributed by atoms with Gasteiger partial charge in [0, 0.05) is 29.6 Å². The zero-order valence-electron chi connectivity index (χ0n) is 15.0. The molecule has 3 aromatic rings. The Hall–Kier alpha value is -2.47. The number of hydrogen-bond acceptors (Lipinski definition) is 5. The molecule has 1 N–H and O–H groups in total. The molecular formula is C20H22N4OS. The van der Waals surface area contributed by atoms with Gasteiger partial charge >= 0.3 is 0 Å². The number of nitrogens with zero attached hydrogens (tertiary/aromatic N) is 3. The molecule has 4 rings (SSSR count). The molecule has 0 saturated carbocycles. The van der Waals surface area contributed by atoms with E-state index >= 15 is 0 Å². The van der Waals surface area contributed by atoms with Crippen molar-refractivity contribution in [2.75, 3.05) is 23.3 Å². The molecule has 0 unspecified atom stereocenters. The van der Waals surface area contributed by atoms with Crippen molar-refractivity contribution in [3.63, 3.8) is 0 Å². The molecule has 134 valence electrons. The molecule has 0 atom stereocenters. The third-order valence-corrected chi connectivity index (χ3v) is 6.27. The highest BCUT2D eigenvalue weighted by Crippen LogP contribution is 2.35. The molecule has 1 saturated heterocycles. The van der Waals surface area contributed by atoms with Crippen LogP contribution in [-0.4, -0.2) is 29.0 Å². The van der Waals surface area contributed by atoms with Crippen LogP contribution in [0.15, 0.2) is 36.7 Å². The molecule has 3 heterocycles. The van der Waals surface area contributed by atoms with Crippen LogP contribution in [0.4, 0.5) is 11.5 Å². The Morgan fingerprint density at radius 1 is 1.15 bits per heavy atom. The Morgan fingerprint density at radius 2 is 1.88 bits per heavy atom. The molecule has 2 aromatic heterocycles. The van der Waals surface area contributed by atoms with E-state index in [9.17, 15) is 4.79 Å². The van der Waals surface area contributed by atoms with Crippen LogP contribution in [0.1, 0.15) is 23.3 Å². The molecule has 5 nitrogen and oxygen atoms in total. The van der Waals surface area contributed by atoms with Crippen molar-refractivity contribution in [1.82, 2.24) is 9.97 Å². The van der Waals surface area contributed by atoms with Gasteiger partial charge in [-0.2, -0.15) is 0 Å². The van der Waals surface area contributed by atoms with Crippen molar-refractivity contribution in [2.45, 2.75) is 26.7 Å². The molecule has 1 aliphatic rings. The Labute approximate surface area is 157 Å². The summed E-state index contributed by atoms with van der Waals surface area (Å²) in [6.07, 6.45) is 3.33. The Morgan fingerprint density at radius 3 is 2.62 bits per heavy atom. The number of aryl methyl sites for hydroxylation is 2. The van der Waals surface area contributed by atoms with Crippen molar-refractivity contribution in [2.24, 2.45) is 5.92 Å². The zero-order valence-corrected chi connectivity index (χ0v) is 15.8. The smallest absolute Gasteiger partial charge is 0.227 e. The maximum atomic E-state index is 12.5. The fourth-order valence-corrected chi connectivity index (χ4v) is 4.51. The van der Waals surface area contributed by atoms with E-state index in [1.165, 1.54) is 15.8 Å². The number of anilines is 2. The second kappa shape index (κ2) is 7.03. The van der Waals surface area contributed by atoms with Crippen LogP contribution in [0.3, 0.4) is 0 Å². The molecule has 1 amide bonds. The molecule has 0 bridgehead atoms. The Balaban J connectivity index is 1.46. The van der Waals surface area contributed by atoms with Crippen molar-refractivity contribution in [1.29, 1.82) is 0 Å². The Kier molecular flexibility index (Phi) is 4.59. The number of aromatic nitrogens is 2. The fraction of sp³-hybridized carbons (Fsp3) is 0.350. The number of fused-ring (bicyclic) bond motifs is 1. The highest BCUT2D eigenvalue weighted by Gasteiger charge is 2.27. The first-order valence-electron chi connectivity index (χ1n) is 8.95. The van der Waals surface area contributed by atoms with Crippen molar-refractivity contribution < 1.29 is 4.79 Å². The van der Waals surface area contributed by atoms with Crippen LogP contribution < -0.4 is 10.2 Å². The van der Waals surface area contributed by atoms with Crippen LogP contribution in [0.25, 0.3) is 10.2 Å². The highest BCUT2D eigenvalue weighted by atomic mass is 32.1. The topological polar surface area (TPSA) is 58.1 Å². The van der Waals surface area contributed by atoms with Gasteiger partial charge < -0.3 is 10.2 Å². The van der Waals surface area contributed by atoms with E-state index in [1.54, 1.807) is 17.7 Å². The lowest BCUT2D eigenvalue weighted by atomic mass is 9.95. The van der Waals surface area contributed by atoms with E-state index in [-0.39, 0.29) is 11.8 Å². The van der Waals surface area contributed by atoms with Gasteiger partial charge in [0.15, 0.2) is 0 Å². The standard InChI is InChI=1S/C20H22N4OS/c1-13-14(2)26-20-17(13)18(21-12-22-20)24-10-8-15(9-11-24)19(25)23-16-6-4-3-5-7-16/h3-7,12,15H,8-11H2,1-2H3,(H,23,25). The number of carbonyl (C=O) groups excluding carboxylic acids is 1. The largest absolute Gasteiger partial charge is 0.356 e. The number of rotatable bonds is 3. The minimum atomic E-state index is 0.0501. The average Bonchev–Trinajstić information content (AvgIpc) is 2.97. The third kappa shape index (κ3) is 3.17. The maximum absolute atomic E-state index is 12.5. The lowest BCUT2D eigenvalue weighted by Crippen LogP contribution is -2.38. The fourth-order valence-electron chi connectivity index (χ4n) is 3.52. The quantitative estimate of drug-likeness (QED) is 0.756. The van der Waals surface area contributed by atoms with E-state index in [1.807, 2.05) is 30.3 Å². The SMILES string of the molecule is Cc1sc2ncnc(N3CCC(C(=O)Nc4ccccc4)CC3)c2c1C. The number of para-hydroxylation sites is 1. The molecule has 6 heteroatoms. The number of piperidine rings is 1. The first kappa shape index (κ1) is 17.0. The second-order valence-corrected chi connectivity index (χ2v) is 7.98. The zero-order chi connectivity index (χ0) is 18.1. The number of carbonyl (C=O) groups is 1. The summed E-state index contributed by atoms with van der Waals surface area (Å²) in [5.74, 6) is 1.18.